The zero-order chi connectivity index (χ0) is 11.5. The second kappa shape index (κ2) is 4.23. The quantitative estimate of drug-likeness (QED) is 0.754. The van der Waals surface area contributed by atoms with Crippen LogP contribution < -0.4 is 10.2 Å². The molecule has 0 spiro atoms. The maximum absolute atomic E-state index is 11.3. The molecule has 1 saturated heterocycles. The maximum Gasteiger partial charge on any atom is 0.239 e. The van der Waals surface area contributed by atoms with Crippen molar-refractivity contribution in [3.8, 4) is 6.07 Å². The van der Waals surface area contributed by atoms with Gasteiger partial charge in [0.1, 0.15) is 0 Å². The molecule has 1 N–H and O–H groups in total. The number of carbonyl (C=O) groups is 1. The lowest BCUT2D eigenvalue weighted by molar-refractivity contribution is -0.120. The van der Waals surface area contributed by atoms with Gasteiger partial charge in [0.05, 0.1) is 18.2 Å². The lowest BCUT2D eigenvalue weighted by atomic mass is 10.1. The molecule has 4 heteroatoms. The van der Waals surface area contributed by atoms with Crippen LogP contribution in [0.3, 0.4) is 0 Å². The zero-order valence-electron chi connectivity index (χ0n) is 9.16. The highest BCUT2D eigenvalue weighted by atomic mass is 16.2. The fraction of sp³-hybridized carbons (Fsp3) is 0.333. The minimum absolute atomic E-state index is 0.0509. The Morgan fingerprint density at radius 2 is 2.31 bits per heavy atom. The number of carbonyl (C=O) groups excluding carboxylic acids is 1. The standard InChI is InChI=1S/C12H13N3O/c1-9-6-10(7-13)2-3-11(9)15-5-4-14-12(16)8-15/h2-3,6H,4-5,8H2,1H3,(H,14,16). The van der Waals surface area contributed by atoms with Crippen molar-refractivity contribution in [2.45, 2.75) is 6.92 Å². The summed E-state index contributed by atoms with van der Waals surface area (Å²) in [6.45, 7) is 3.85. The van der Waals surface area contributed by atoms with Crippen molar-refractivity contribution in [1.29, 1.82) is 5.26 Å². The molecule has 1 amide bonds. The minimum Gasteiger partial charge on any atom is -0.360 e. The molecule has 1 heterocycles. The maximum atomic E-state index is 11.3. The van der Waals surface area contributed by atoms with E-state index < -0.39 is 0 Å². The van der Waals surface area contributed by atoms with Crippen LogP contribution in [0.4, 0.5) is 5.69 Å². The van der Waals surface area contributed by atoms with Crippen molar-refractivity contribution < 1.29 is 4.79 Å². The van der Waals surface area contributed by atoms with E-state index in [0.717, 1.165) is 17.8 Å². The number of piperazine rings is 1. The number of rotatable bonds is 1. The Labute approximate surface area is 94.5 Å². The van der Waals surface area contributed by atoms with Gasteiger partial charge in [-0.15, -0.1) is 0 Å². The van der Waals surface area contributed by atoms with Crippen molar-refractivity contribution in [2.75, 3.05) is 24.5 Å². The Balaban J connectivity index is 2.27. The van der Waals surface area contributed by atoms with Gasteiger partial charge in [-0.3, -0.25) is 4.79 Å². The van der Waals surface area contributed by atoms with Gasteiger partial charge in [-0.05, 0) is 30.7 Å². The van der Waals surface area contributed by atoms with Gasteiger partial charge in [-0.25, -0.2) is 0 Å². The van der Waals surface area contributed by atoms with Crippen LogP contribution in [-0.4, -0.2) is 25.5 Å². The Morgan fingerprint density at radius 1 is 1.50 bits per heavy atom. The largest absolute Gasteiger partial charge is 0.360 e. The number of benzene rings is 1. The summed E-state index contributed by atoms with van der Waals surface area (Å²) in [6, 6.07) is 7.65. The molecule has 82 valence electrons. The van der Waals surface area contributed by atoms with Gasteiger partial charge in [0.15, 0.2) is 0 Å². The molecule has 1 fully saturated rings. The molecule has 0 aromatic heterocycles. The van der Waals surface area contributed by atoms with Gasteiger partial charge in [-0.2, -0.15) is 5.26 Å². The zero-order valence-corrected chi connectivity index (χ0v) is 9.16. The van der Waals surface area contributed by atoms with Crippen LogP contribution in [0.15, 0.2) is 18.2 Å². The molecule has 1 aromatic carbocycles. The fourth-order valence-corrected chi connectivity index (χ4v) is 1.92. The highest BCUT2D eigenvalue weighted by Gasteiger charge is 2.17. The first-order chi connectivity index (χ1) is 7.70. The molecule has 0 bridgehead atoms. The molecule has 0 radical (unpaired) electrons. The molecular formula is C12H13N3O. The molecule has 0 saturated carbocycles. The molecule has 4 nitrogen and oxygen atoms in total. The summed E-state index contributed by atoms with van der Waals surface area (Å²) < 4.78 is 0. The molecule has 0 unspecified atom stereocenters. The number of nitriles is 1. The molecule has 16 heavy (non-hydrogen) atoms. The smallest absolute Gasteiger partial charge is 0.239 e. The van der Waals surface area contributed by atoms with Crippen LogP contribution in [-0.2, 0) is 4.79 Å². The number of nitrogens with one attached hydrogen (secondary N) is 1. The van der Waals surface area contributed by atoms with Crippen molar-refractivity contribution in [1.82, 2.24) is 5.32 Å². The third-order valence-corrected chi connectivity index (χ3v) is 2.70. The number of hydrogen-bond donors (Lipinski definition) is 1. The lowest BCUT2D eigenvalue weighted by Crippen LogP contribution is -2.47. The number of anilines is 1. The molecule has 0 atom stereocenters. The van der Waals surface area contributed by atoms with Crippen LogP contribution in [0.5, 0.6) is 0 Å². The van der Waals surface area contributed by atoms with E-state index in [1.54, 1.807) is 6.07 Å². The summed E-state index contributed by atoms with van der Waals surface area (Å²) in [5.41, 5.74) is 2.73. The number of amides is 1. The van der Waals surface area contributed by atoms with E-state index in [2.05, 4.69) is 11.4 Å². The number of hydrogen-bond acceptors (Lipinski definition) is 3. The first-order valence-electron chi connectivity index (χ1n) is 5.23. The van der Waals surface area contributed by atoms with Crippen LogP contribution >= 0.6 is 0 Å². The van der Waals surface area contributed by atoms with E-state index in [1.165, 1.54) is 0 Å². The van der Waals surface area contributed by atoms with Crippen molar-refractivity contribution >= 4 is 11.6 Å². The first kappa shape index (κ1) is 10.5. The minimum atomic E-state index is 0.0509. The number of nitrogens with zero attached hydrogens (tertiary/aromatic N) is 2. The van der Waals surface area contributed by atoms with Gasteiger partial charge in [0.2, 0.25) is 5.91 Å². The summed E-state index contributed by atoms with van der Waals surface area (Å²) in [5.74, 6) is 0.0509. The predicted octanol–water partition coefficient (Wildman–Crippen LogP) is 0.803. The summed E-state index contributed by atoms with van der Waals surface area (Å²) in [6.07, 6.45) is 0. The topological polar surface area (TPSA) is 56.1 Å². The van der Waals surface area contributed by atoms with Gasteiger partial charge in [0.25, 0.3) is 0 Å². The Bertz CT molecular complexity index is 462. The monoisotopic (exact) mass is 215 g/mol. The Morgan fingerprint density at radius 3 is 2.94 bits per heavy atom. The Kier molecular flexibility index (Phi) is 2.78. The fourth-order valence-electron chi connectivity index (χ4n) is 1.92. The molecular weight excluding hydrogens is 202 g/mol. The van der Waals surface area contributed by atoms with E-state index in [9.17, 15) is 4.79 Å². The molecule has 1 aliphatic rings. The molecule has 0 aliphatic carbocycles. The van der Waals surface area contributed by atoms with Gasteiger partial charge in [0, 0.05) is 18.8 Å². The Hall–Kier alpha value is -2.02. The summed E-state index contributed by atoms with van der Waals surface area (Å²) in [5, 5.41) is 11.6. The van der Waals surface area contributed by atoms with Crippen LogP contribution in [0, 0.1) is 18.3 Å². The average molecular weight is 215 g/mol. The van der Waals surface area contributed by atoms with Crippen molar-refractivity contribution in [3.05, 3.63) is 29.3 Å². The van der Waals surface area contributed by atoms with Gasteiger partial charge >= 0.3 is 0 Å². The van der Waals surface area contributed by atoms with E-state index in [0.29, 0.717) is 18.7 Å². The van der Waals surface area contributed by atoms with Crippen LogP contribution in [0.1, 0.15) is 11.1 Å². The van der Waals surface area contributed by atoms with E-state index in [4.69, 9.17) is 5.26 Å². The summed E-state index contributed by atoms with van der Waals surface area (Å²) in [7, 11) is 0. The third-order valence-electron chi connectivity index (χ3n) is 2.70. The predicted molar refractivity (Wildman–Crippen MR) is 61.1 cm³/mol. The average Bonchev–Trinajstić information content (AvgIpc) is 2.28. The second-order valence-electron chi connectivity index (χ2n) is 3.88. The second-order valence-corrected chi connectivity index (χ2v) is 3.88. The van der Waals surface area contributed by atoms with Gasteiger partial charge in [-0.1, -0.05) is 0 Å². The van der Waals surface area contributed by atoms with Crippen molar-refractivity contribution in [2.24, 2.45) is 0 Å². The van der Waals surface area contributed by atoms with E-state index in [1.807, 2.05) is 24.0 Å². The van der Waals surface area contributed by atoms with Gasteiger partial charge < -0.3 is 10.2 Å². The SMILES string of the molecule is Cc1cc(C#N)ccc1N1CCNC(=O)C1. The van der Waals surface area contributed by atoms with E-state index >= 15 is 0 Å². The lowest BCUT2D eigenvalue weighted by Gasteiger charge is -2.29. The highest BCUT2D eigenvalue weighted by Crippen LogP contribution is 2.21. The number of aryl methyl sites for hydroxylation is 1. The third kappa shape index (κ3) is 1.98. The highest BCUT2D eigenvalue weighted by molar-refractivity contribution is 5.83. The van der Waals surface area contributed by atoms with Crippen molar-refractivity contribution in [3.63, 3.8) is 0 Å². The summed E-state index contributed by atoms with van der Waals surface area (Å²) in [4.78, 5) is 13.3. The first-order valence-corrected chi connectivity index (χ1v) is 5.23. The van der Waals surface area contributed by atoms with E-state index in [-0.39, 0.29) is 5.91 Å². The van der Waals surface area contributed by atoms with Crippen LogP contribution in [0.2, 0.25) is 0 Å². The van der Waals surface area contributed by atoms with Crippen LogP contribution in [0.25, 0.3) is 0 Å². The molecule has 2 rings (SSSR count). The normalized spacial score (nSPS) is 15.5. The molecule has 1 aromatic rings. The molecule has 1 aliphatic heterocycles. The summed E-state index contributed by atoms with van der Waals surface area (Å²) >= 11 is 0.